The third kappa shape index (κ3) is 6.03. The fourth-order valence-electron chi connectivity index (χ4n) is 4.42. The van der Waals surface area contributed by atoms with Crippen LogP contribution < -0.4 is 5.32 Å². The quantitative estimate of drug-likeness (QED) is 0.772. The van der Waals surface area contributed by atoms with Crippen LogP contribution in [-0.4, -0.2) is 53.8 Å². The molecule has 0 spiro atoms. The van der Waals surface area contributed by atoms with Crippen LogP contribution in [0.3, 0.4) is 0 Å². The number of hydrogen-bond donors (Lipinski definition) is 1. The molecule has 0 bridgehead atoms. The number of nitrogens with zero attached hydrogens (tertiary/aromatic N) is 2. The first-order valence-corrected chi connectivity index (χ1v) is 11.4. The molecule has 0 saturated carbocycles. The smallest absolute Gasteiger partial charge is 0.226 e. The molecule has 2 atom stereocenters. The highest BCUT2D eigenvalue weighted by Crippen LogP contribution is 2.24. The van der Waals surface area contributed by atoms with E-state index in [0.717, 1.165) is 44.3 Å². The number of carbonyl (C=O) groups excluding carboxylic acids is 2. The molecule has 2 unspecified atom stereocenters. The summed E-state index contributed by atoms with van der Waals surface area (Å²) in [6.45, 7) is 9.92. The lowest BCUT2D eigenvalue weighted by Gasteiger charge is -2.37. The zero-order valence-corrected chi connectivity index (χ0v) is 18.6. The van der Waals surface area contributed by atoms with E-state index in [0.29, 0.717) is 25.6 Å². The number of rotatable bonds is 6. The Kier molecular flexibility index (Phi) is 7.87. The van der Waals surface area contributed by atoms with E-state index in [-0.39, 0.29) is 35.5 Å². The van der Waals surface area contributed by atoms with Gasteiger partial charge in [-0.05, 0) is 62.8 Å². The summed E-state index contributed by atoms with van der Waals surface area (Å²) in [7, 11) is 0. The first-order chi connectivity index (χ1) is 14.3. The summed E-state index contributed by atoms with van der Waals surface area (Å²) in [6.07, 6.45) is 3.37. The third-order valence-electron chi connectivity index (χ3n) is 6.70. The zero-order chi connectivity index (χ0) is 21.7. The average Bonchev–Trinajstić information content (AvgIpc) is 2.73. The molecule has 1 N–H and O–H groups in total. The van der Waals surface area contributed by atoms with Crippen molar-refractivity contribution in [2.45, 2.75) is 59.0 Å². The van der Waals surface area contributed by atoms with Crippen molar-refractivity contribution in [1.29, 1.82) is 0 Å². The predicted octanol–water partition coefficient (Wildman–Crippen LogP) is 3.44. The van der Waals surface area contributed by atoms with Gasteiger partial charge in [0, 0.05) is 38.1 Å². The molecule has 0 aliphatic carbocycles. The van der Waals surface area contributed by atoms with E-state index in [1.807, 2.05) is 17.9 Å². The standard InChI is InChI=1S/C24H36FN3O2/c1-17(2)18(3)26-23(29)20-9-12-28(13-10-20)24(30)21-7-5-11-27(16-21)15-19-6-4-8-22(25)14-19/h4,6,8,14,17-18,20-21H,5,7,9-13,15-16H2,1-3H3,(H,26,29). The third-order valence-corrected chi connectivity index (χ3v) is 6.70. The van der Waals surface area contributed by atoms with Gasteiger partial charge in [-0.25, -0.2) is 4.39 Å². The maximum absolute atomic E-state index is 13.5. The number of halogens is 1. The van der Waals surface area contributed by atoms with E-state index in [2.05, 4.69) is 24.1 Å². The van der Waals surface area contributed by atoms with E-state index in [4.69, 9.17) is 0 Å². The molecular weight excluding hydrogens is 381 g/mol. The zero-order valence-electron chi connectivity index (χ0n) is 18.6. The minimum absolute atomic E-state index is 0.00125. The van der Waals surface area contributed by atoms with E-state index in [1.54, 1.807) is 12.1 Å². The second-order valence-electron chi connectivity index (χ2n) is 9.35. The van der Waals surface area contributed by atoms with Gasteiger partial charge < -0.3 is 10.2 Å². The predicted molar refractivity (Wildman–Crippen MR) is 116 cm³/mol. The second kappa shape index (κ2) is 10.4. The molecule has 3 rings (SSSR count). The van der Waals surface area contributed by atoms with Crippen LogP contribution in [0.5, 0.6) is 0 Å². The van der Waals surface area contributed by atoms with Crippen molar-refractivity contribution in [2.24, 2.45) is 17.8 Å². The summed E-state index contributed by atoms with van der Waals surface area (Å²) >= 11 is 0. The molecule has 30 heavy (non-hydrogen) atoms. The Labute approximate surface area is 180 Å². The molecule has 2 aliphatic heterocycles. The Hall–Kier alpha value is -1.95. The van der Waals surface area contributed by atoms with Crippen molar-refractivity contribution >= 4 is 11.8 Å². The van der Waals surface area contributed by atoms with Crippen molar-refractivity contribution in [2.75, 3.05) is 26.2 Å². The molecule has 1 aromatic carbocycles. The van der Waals surface area contributed by atoms with E-state index in [9.17, 15) is 14.0 Å². The van der Waals surface area contributed by atoms with Gasteiger partial charge in [0.1, 0.15) is 5.82 Å². The monoisotopic (exact) mass is 417 g/mol. The van der Waals surface area contributed by atoms with Crippen LogP contribution in [0, 0.1) is 23.6 Å². The van der Waals surface area contributed by atoms with Gasteiger partial charge in [0.2, 0.25) is 11.8 Å². The highest BCUT2D eigenvalue weighted by atomic mass is 19.1. The molecule has 6 heteroatoms. The molecule has 2 amide bonds. The maximum Gasteiger partial charge on any atom is 0.226 e. The van der Waals surface area contributed by atoms with E-state index >= 15 is 0 Å². The molecule has 0 radical (unpaired) electrons. The molecule has 5 nitrogen and oxygen atoms in total. The van der Waals surface area contributed by atoms with Crippen molar-refractivity contribution in [3.8, 4) is 0 Å². The summed E-state index contributed by atoms with van der Waals surface area (Å²) < 4.78 is 13.5. The van der Waals surface area contributed by atoms with Crippen LogP contribution in [0.4, 0.5) is 4.39 Å². The van der Waals surface area contributed by atoms with Crippen LogP contribution in [0.15, 0.2) is 24.3 Å². The topological polar surface area (TPSA) is 52.7 Å². The van der Waals surface area contributed by atoms with Gasteiger partial charge in [0.25, 0.3) is 0 Å². The van der Waals surface area contributed by atoms with Crippen molar-refractivity contribution in [1.82, 2.24) is 15.1 Å². The Morgan fingerprint density at radius 1 is 1.10 bits per heavy atom. The molecule has 0 aromatic heterocycles. The fraction of sp³-hybridized carbons (Fsp3) is 0.667. The SMILES string of the molecule is CC(C)C(C)NC(=O)C1CCN(C(=O)C2CCCN(Cc3cccc(F)c3)C2)CC1. The first-order valence-electron chi connectivity index (χ1n) is 11.4. The number of piperidine rings is 2. The Morgan fingerprint density at radius 3 is 2.50 bits per heavy atom. The normalized spacial score (nSPS) is 22.2. The van der Waals surface area contributed by atoms with Crippen LogP contribution in [0.1, 0.15) is 52.0 Å². The van der Waals surface area contributed by atoms with E-state index < -0.39 is 0 Å². The number of benzene rings is 1. The fourth-order valence-corrected chi connectivity index (χ4v) is 4.42. The van der Waals surface area contributed by atoms with Gasteiger partial charge in [-0.2, -0.15) is 0 Å². The number of carbonyl (C=O) groups is 2. The summed E-state index contributed by atoms with van der Waals surface area (Å²) in [4.78, 5) is 29.8. The first kappa shape index (κ1) is 22.7. The highest BCUT2D eigenvalue weighted by Gasteiger charge is 2.33. The minimum Gasteiger partial charge on any atom is -0.353 e. The summed E-state index contributed by atoms with van der Waals surface area (Å²) in [5, 5.41) is 3.11. The van der Waals surface area contributed by atoms with Gasteiger partial charge in [-0.3, -0.25) is 14.5 Å². The highest BCUT2D eigenvalue weighted by molar-refractivity contribution is 5.81. The number of amides is 2. The number of hydrogen-bond acceptors (Lipinski definition) is 3. The molecule has 2 heterocycles. The summed E-state index contributed by atoms with van der Waals surface area (Å²) in [5.74, 6) is 0.546. The van der Waals surface area contributed by atoms with Crippen molar-refractivity contribution < 1.29 is 14.0 Å². The Balaban J connectivity index is 1.48. The minimum atomic E-state index is -0.216. The maximum atomic E-state index is 13.5. The molecule has 166 valence electrons. The molecule has 2 fully saturated rings. The van der Waals surface area contributed by atoms with Crippen LogP contribution in [0.25, 0.3) is 0 Å². The lowest BCUT2D eigenvalue weighted by molar-refractivity contribution is -0.141. The Morgan fingerprint density at radius 2 is 1.83 bits per heavy atom. The summed E-state index contributed by atoms with van der Waals surface area (Å²) in [5.41, 5.74) is 0.950. The van der Waals surface area contributed by atoms with Gasteiger partial charge in [-0.15, -0.1) is 0 Å². The lowest BCUT2D eigenvalue weighted by atomic mass is 9.91. The molecule has 1 aromatic rings. The lowest BCUT2D eigenvalue weighted by Crippen LogP contribution is -2.49. The second-order valence-corrected chi connectivity index (χ2v) is 9.35. The van der Waals surface area contributed by atoms with Crippen molar-refractivity contribution in [3.63, 3.8) is 0 Å². The van der Waals surface area contributed by atoms with Gasteiger partial charge >= 0.3 is 0 Å². The van der Waals surface area contributed by atoms with Crippen molar-refractivity contribution in [3.05, 3.63) is 35.6 Å². The molecule has 2 saturated heterocycles. The van der Waals surface area contributed by atoms with E-state index in [1.165, 1.54) is 6.07 Å². The molecule has 2 aliphatic rings. The average molecular weight is 418 g/mol. The van der Waals surface area contributed by atoms with Crippen LogP contribution >= 0.6 is 0 Å². The number of nitrogens with one attached hydrogen (secondary N) is 1. The van der Waals surface area contributed by atoms with Crippen LogP contribution in [-0.2, 0) is 16.1 Å². The van der Waals surface area contributed by atoms with Crippen LogP contribution in [0.2, 0.25) is 0 Å². The summed E-state index contributed by atoms with van der Waals surface area (Å²) in [6, 6.07) is 6.87. The van der Waals surface area contributed by atoms with Gasteiger partial charge in [0.05, 0.1) is 5.92 Å². The van der Waals surface area contributed by atoms with Gasteiger partial charge in [-0.1, -0.05) is 26.0 Å². The van der Waals surface area contributed by atoms with Gasteiger partial charge in [0.15, 0.2) is 0 Å². The molecular formula is C24H36FN3O2. The number of likely N-dealkylation sites (tertiary alicyclic amines) is 2. The Bertz CT molecular complexity index is 731. The largest absolute Gasteiger partial charge is 0.353 e.